The van der Waals surface area contributed by atoms with Crippen molar-refractivity contribution < 1.29 is 44.0 Å². The first-order valence-corrected chi connectivity index (χ1v) is 12.6. The fraction of sp³-hybridized carbons (Fsp3) is 0.393. The minimum atomic E-state index is -2.16. The lowest BCUT2D eigenvalue weighted by molar-refractivity contribution is -0.158. The lowest BCUT2D eigenvalue weighted by Gasteiger charge is -2.32. The third kappa shape index (κ3) is 9.22. The molecule has 11 heteroatoms. The summed E-state index contributed by atoms with van der Waals surface area (Å²) in [7, 11) is 0. The summed E-state index contributed by atoms with van der Waals surface area (Å²) in [4.78, 5) is 63.4. The van der Waals surface area contributed by atoms with Gasteiger partial charge in [-0.2, -0.15) is 0 Å². The molecule has 0 saturated carbocycles. The number of nitrogens with zero attached hydrogens (tertiary/aromatic N) is 1. The van der Waals surface area contributed by atoms with E-state index in [1.165, 1.54) is 0 Å². The molecule has 0 heterocycles. The van der Waals surface area contributed by atoms with E-state index in [4.69, 9.17) is 10.5 Å². The summed E-state index contributed by atoms with van der Waals surface area (Å²) in [5, 5.41) is 29.7. The quantitative estimate of drug-likeness (QED) is 0.244. The highest BCUT2D eigenvalue weighted by molar-refractivity contribution is 6.00. The number of hydrogen-bond acceptors (Lipinski definition) is 7. The molecular formula is C28H34N2O9. The van der Waals surface area contributed by atoms with Gasteiger partial charge < -0.3 is 25.8 Å². The molecule has 0 saturated heterocycles. The second-order valence-corrected chi connectivity index (χ2v) is 9.16. The second kappa shape index (κ2) is 15.2. The normalized spacial score (nSPS) is 13.9. The number of unbranched alkanes of at least 4 members (excludes halogenated alkanes) is 1. The number of nitrogens with two attached hydrogens (primary N) is 1. The zero-order valence-corrected chi connectivity index (χ0v) is 21.6. The zero-order valence-electron chi connectivity index (χ0n) is 21.6. The average molecular weight is 543 g/mol. The third-order valence-electron chi connectivity index (χ3n) is 6.22. The highest BCUT2D eigenvalue weighted by atomic mass is 16.6. The van der Waals surface area contributed by atoms with E-state index in [1.54, 1.807) is 60.7 Å². The Morgan fingerprint density at radius 2 is 1.36 bits per heavy atom. The van der Waals surface area contributed by atoms with Crippen molar-refractivity contribution in [3.05, 3.63) is 71.8 Å². The molecule has 0 aliphatic carbocycles. The van der Waals surface area contributed by atoms with E-state index in [0.717, 1.165) is 0 Å². The van der Waals surface area contributed by atoms with Crippen LogP contribution in [0.2, 0.25) is 0 Å². The molecule has 2 aromatic rings. The predicted molar refractivity (Wildman–Crippen MR) is 140 cm³/mol. The number of amides is 2. The van der Waals surface area contributed by atoms with Crippen molar-refractivity contribution in [3.8, 4) is 0 Å². The van der Waals surface area contributed by atoms with Crippen LogP contribution in [0.15, 0.2) is 60.7 Å². The zero-order chi connectivity index (χ0) is 28.9. The average Bonchev–Trinajstić information content (AvgIpc) is 2.90. The van der Waals surface area contributed by atoms with Crippen LogP contribution in [0.25, 0.3) is 0 Å². The first kappa shape index (κ1) is 31.0. The van der Waals surface area contributed by atoms with Crippen molar-refractivity contribution in [3.63, 3.8) is 0 Å². The Balaban J connectivity index is 2.42. The standard InChI is InChI=1S/C28H34N2O9/c1-2-3-14-39-28(38)30(23(27(36)37)21(26(34)35)16-19-12-8-5-9-13-19)24(31)22(29)17-20(25(32)33)15-18-10-6-4-7-11-18/h4-13,20-23H,2-3,14-17,29H2,1H3,(H,32,33)(H,34,35)(H,36,37)/t20?,21?,22-,23-/m0/s1. The maximum Gasteiger partial charge on any atom is 0.417 e. The summed E-state index contributed by atoms with van der Waals surface area (Å²) >= 11 is 0. The molecular weight excluding hydrogens is 508 g/mol. The van der Waals surface area contributed by atoms with E-state index in [2.05, 4.69) is 0 Å². The van der Waals surface area contributed by atoms with Gasteiger partial charge in [-0.15, -0.1) is 0 Å². The van der Waals surface area contributed by atoms with Crippen LogP contribution in [0.5, 0.6) is 0 Å². The number of hydrogen-bond donors (Lipinski definition) is 4. The third-order valence-corrected chi connectivity index (χ3v) is 6.22. The number of carboxylic acids is 3. The molecule has 0 aliphatic rings. The Bertz CT molecular complexity index is 1120. The number of aliphatic carboxylic acids is 3. The molecule has 2 amide bonds. The Labute approximate surface area is 226 Å². The molecule has 11 nitrogen and oxygen atoms in total. The van der Waals surface area contributed by atoms with Gasteiger partial charge in [-0.05, 0) is 36.8 Å². The van der Waals surface area contributed by atoms with Gasteiger partial charge in [0.2, 0.25) is 5.91 Å². The van der Waals surface area contributed by atoms with Crippen molar-refractivity contribution >= 4 is 29.9 Å². The van der Waals surface area contributed by atoms with Gasteiger partial charge in [-0.1, -0.05) is 74.0 Å². The molecule has 4 atom stereocenters. The van der Waals surface area contributed by atoms with Crippen molar-refractivity contribution in [1.29, 1.82) is 0 Å². The molecule has 0 fully saturated rings. The minimum Gasteiger partial charge on any atom is -0.481 e. The lowest BCUT2D eigenvalue weighted by Crippen LogP contribution is -2.58. The minimum absolute atomic E-state index is 0.0339. The summed E-state index contributed by atoms with van der Waals surface area (Å²) in [5.74, 6) is -8.63. The Morgan fingerprint density at radius 3 is 1.82 bits per heavy atom. The summed E-state index contributed by atoms with van der Waals surface area (Å²) in [6.45, 7) is 1.69. The second-order valence-electron chi connectivity index (χ2n) is 9.16. The number of carbonyl (C=O) groups excluding carboxylic acids is 2. The Hall–Kier alpha value is -4.25. The highest BCUT2D eigenvalue weighted by Crippen LogP contribution is 2.23. The molecule has 2 rings (SSSR count). The molecule has 5 N–H and O–H groups in total. The summed E-state index contributed by atoms with van der Waals surface area (Å²) < 4.78 is 5.11. The van der Waals surface area contributed by atoms with Crippen LogP contribution in [-0.4, -0.2) is 68.8 Å². The smallest absolute Gasteiger partial charge is 0.417 e. The molecule has 0 radical (unpaired) electrons. The van der Waals surface area contributed by atoms with E-state index in [-0.39, 0.29) is 24.3 Å². The molecule has 2 aromatic carbocycles. The largest absolute Gasteiger partial charge is 0.481 e. The predicted octanol–water partition coefficient (Wildman–Crippen LogP) is 2.81. The van der Waals surface area contributed by atoms with Gasteiger partial charge in [0.25, 0.3) is 0 Å². The van der Waals surface area contributed by atoms with Gasteiger partial charge in [-0.25, -0.2) is 14.5 Å². The van der Waals surface area contributed by atoms with Gasteiger partial charge in [-0.3, -0.25) is 14.4 Å². The van der Waals surface area contributed by atoms with Gasteiger partial charge in [0.05, 0.1) is 24.5 Å². The highest BCUT2D eigenvalue weighted by Gasteiger charge is 2.46. The van der Waals surface area contributed by atoms with Crippen LogP contribution in [0, 0.1) is 11.8 Å². The van der Waals surface area contributed by atoms with Crippen LogP contribution >= 0.6 is 0 Å². The van der Waals surface area contributed by atoms with Crippen LogP contribution in [0.3, 0.4) is 0 Å². The van der Waals surface area contributed by atoms with Gasteiger partial charge in [0.15, 0.2) is 6.04 Å². The van der Waals surface area contributed by atoms with E-state index >= 15 is 0 Å². The number of ether oxygens (including phenoxy) is 1. The van der Waals surface area contributed by atoms with Crippen LogP contribution in [-0.2, 0) is 36.8 Å². The number of imide groups is 1. The fourth-order valence-corrected chi connectivity index (χ4v) is 4.13. The van der Waals surface area contributed by atoms with E-state index in [9.17, 15) is 39.3 Å². The monoisotopic (exact) mass is 542 g/mol. The fourth-order valence-electron chi connectivity index (χ4n) is 4.13. The van der Waals surface area contributed by atoms with Crippen molar-refractivity contribution in [1.82, 2.24) is 4.90 Å². The van der Waals surface area contributed by atoms with Gasteiger partial charge >= 0.3 is 24.0 Å². The van der Waals surface area contributed by atoms with Crippen LogP contribution in [0.1, 0.15) is 37.3 Å². The molecule has 0 bridgehead atoms. The SMILES string of the molecule is CCCCOC(=O)N(C(=O)[C@@H](N)CC(Cc1ccccc1)C(=O)O)[C@H](C(=O)O)C(Cc1ccccc1)C(=O)O. The van der Waals surface area contributed by atoms with Gasteiger partial charge in [0, 0.05) is 0 Å². The lowest BCUT2D eigenvalue weighted by atomic mass is 9.89. The maximum atomic E-state index is 13.5. The van der Waals surface area contributed by atoms with E-state index in [0.29, 0.717) is 24.0 Å². The summed E-state index contributed by atoms with van der Waals surface area (Å²) in [5.41, 5.74) is 7.22. The van der Waals surface area contributed by atoms with Crippen molar-refractivity contribution in [2.45, 2.75) is 51.1 Å². The van der Waals surface area contributed by atoms with Crippen LogP contribution < -0.4 is 5.73 Å². The number of benzene rings is 2. The first-order valence-electron chi connectivity index (χ1n) is 12.6. The van der Waals surface area contributed by atoms with E-state index < -0.39 is 60.2 Å². The first-order chi connectivity index (χ1) is 18.6. The maximum absolute atomic E-state index is 13.5. The molecule has 2 unspecified atom stereocenters. The summed E-state index contributed by atoms with van der Waals surface area (Å²) in [6, 6.07) is 13.0. The number of carbonyl (C=O) groups is 5. The topological polar surface area (TPSA) is 185 Å². The summed E-state index contributed by atoms with van der Waals surface area (Å²) in [6.07, 6.45) is -1.00. The molecule has 0 spiro atoms. The molecule has 0 aromatic heterocycles. The number of carboxylic acid groups (broad SMARTS) is 3. The van der Waals surface area contributed by atoms with Gasteiger partial charge in [0.1, 0.15) is 0 Å². The van der Waals surface area contributed by atoms with E-state index in [1.807, 2.05) is 6.92 Å². The van der Waals surface area contributed by atoms with Crippen molar-refractivity contribution in [2.24, 2.45) is 17.6 Å². The molecule has 39 heavy (non-hydrogen) atoms. The Kier molecular flexibility index (Phi) is 12.1. The van der Waals surface area contributed by atoms with Crippen molar-refractivity contribution in [2.75, 3.05) is 6.61 Å². The molecule has 0 aliphatic heterocycles. The number of rotatable bonds is 15. The Morgan fingerprint density at radius 1 is 0.821 bits per heavy atom. The molecule has 210 valence electrons. The van der Waals surface area contributed by atoms with Crippen LogP contribution in [0.4, 0.5) is 4.79 Å².